The first-order chi connectivity index (χ1) is 13.0. The summed E-state index contributed by atoms with van der Waals surface area (Å²) in [5.41, 5.74) is 3.74. The van der Waals surface area contributed by atoms with Crippen LogP contribution in [0.15, 0.2) is 60.7 Å². The van der Waals surface area contributed by atoms with Gasteiger partial charge in [0, 0.05) is 11.4 Å². The van der Waals surface area contributed by atoms with Gasteiger partial charge < -0.3 is 5.32 Å². The fourth-order valence-electron chi connectivity index (χ4n) is 3.11. The zero-order valence-corrected chi connectivity index (χ0v) is 14.9. The average Bonchev–Trinajstić information content (AvgIpc) is 2.98. The highest BCUT2D eigenvalue weighted by atomic mass is 19.1. The first-order valence-electron chi connectivity index (χ1n) is 8.52. The number of amides is 1. The second-order valence-corrected chi connectivity index (χ2v) is 6.31. The summed E-state index contributed by atoms with van der Waals surface area (Å²) < 4.78 is 15.2. The van der Waals surface area contributed by atoms with Crippen LogP contribution < -0.4 is 5.32 Å². The predicted octanol–water partition coefficient (Wildman–Crippen LogP) is 4.43. The van der Waals surface area contributed by atoms with Crippen molar-refractivity contribution in [2.75, 3.05) is 5.32 Å². The van der Waals surface area contributed by atoms with E-state index in [2.05, 4.69) is 15.4 Å². The van der Waals surface area contributed by atoms with Crippen LogP contribution in [0.2, 0.25) is 0 Å². The zero-order chi connectivity index (χ0) is 19.0. The average molecular weight is 360 g/mol. The summed E-state index contributed by atoms with van der Waals surface area (Å²) in [7, 11) is 0. The van der Waals surface area contributed by atoms with Crippen molar-refractivity contribution in [1.82, 2.24) is 14.8 Å². The molecule has 6 heteroatoms. The van der Waals surface area contributed by atoms with Gasteiger partial charge in [-0.1, -0.05) is 24.3 Å². The highest BCUT2D eigenvalue weighted by molar-refractivity contribution is 6.12. The molecule has 2 heterocycles. The Morgan fingerprint density at radius 3 is 2.56 bits per heavy atom. The summed E-state index contributed by atoms with van der Waals surface area (Å²) in [6.07, 6.45) is 0. The van der Waals surface area contributed by atoms with Crippen molar-refractivity contribution < 1.29 is 9.18 Å². The van der Waals surface area contributed by atoms with Crippen LogP contribution in [0.3, 0.4) is 0 Å². The molecule has 0 atom stereocenters. The molecule has 0 spiro atoms. The van der Waals surface area contributed by atoms with Crippen molar-refractivity contribution in [2.24, 2.45) is 0 Å². The van der Waals surface area contributed by atoms with Crippen molar-refractivity contribution in [3.05, 3.63) is 83.4 Å². The number of hydrogen-bond donors (Lipinski definition) is 1. The second kappa shape index (κ2) is 6.64. The third kappa shape index (κ3) is 3.17. The molecule has 0 aliphatic rings. The summed E-state index contributed by atoms with van der Waals surface area (Å²) >= 11 is 0. The number of benzene rings is 2. The normalized spacial score (nSPS) is 10.9. The summed E-state index contributed by atoms with van der Waals surface area (Å²) in [6.45, 7) is 3.67. The highest BCUT2D eigenvalue weighted by Crippen LogP contribution is 2.25. The minimum Gasteiger partial charge on any atom is -0.322 e. The van der Waals surface area contributed by atoms with Gasteiger partial charge in [0.15, 0.2) is 5.65 Å². The highest BCUT2D eigenvalue weighted by Gasteiger charge is 2.19. The summed E-state index contributed by atoms with van der Waals surface area (Å²) in [5, 5.41) is 8.01. The number of carbonyl (C=O) groups is 1. The fourth-order valence-corrected chi connectivity index (χ4v) is 3.11. The first-order valence-corrected chi connectivity index (χ1v) is 8.52. The van der Waals surface area contributed by atoms with Crippen LogP contribution in [0.1, 0.15) is 21.7 Å². The predicted molar refractivity (Wildman–Crippen MR) is 103 cm³/mol. The van der Waals surface area contributed by atoms with E-state index in [4.69, 9.17) is 0 Å². The van der Waals surface area contributed by atoms with E-state index in [0.717, 1.165) is 5.69 Å². The molecular weight excluding hydrogens is 343 g/mol. The third-order valence-corrected chi connectivity index (χ3v) is 4.27. The lowest BCUT2D eigenvalue weighted by molar-refractivity contribution is 0.102. The van der Waals surface area contributed by atoms with Crippen molar-refractivity contribution in [3.8, 4) is 5.69 Å². The van der Waals surface area contributed by atoms with Crippen LogP contribution in [0, 0.1) is 19.7 Å². The van der Waals surface area contributed by atoms with E-state index in [1.54, 1.807) is 22.9 Å². The maximum Gasteiger partial charge on any atom is 0.256 e. The molecule has 27 heavy (non-hydrogen) atoms. The smallest absolute Gasteiger partial charge is 0.256 e. The molecule has 0 aliphatic carbocycles. The topological polar surface area (TPSA) is 59.8 Å². The Labute approximate surface area is 155 Å². The number of aryl methyl sites for hydroxylation is 2. The van der Waals surface area contributed by atoms with Gasteiger partial charge in [-0.25, -0.2) is 14.1 Å². The molecule has 0 bridgehead atoms. The van der Waals surface area contributed by atoms with Crippen LogP contribution in [0.5, 0.6) is 0 Å². The molecular formula is C21H17FN4O. The van der Waals surface area contributed by atoms with Gasteiger partial charge in [0.05, 0.1) is 22.3 Å². The van der Waals surface area contributed by atoms with E-state index in [0.29, 0.717) is 33.7 Å². The van der Waals surface area contributed by atoms with E-state index in [1.807, 2.05) is 44.2 Å². The van der Waals surface area contributed by atoms with Gasteiger partial charge in [0.25, 0.3) is 5.91 Å². The number of nitrogens with zero attached hydrogens (tertiary/aromatic N) is 3. The molecule has 0 saturated carbocycles. The quantitative estimate of drug-likeness (QED) is 0.588. The standard InChI is InChI=1S/C21H17FN4O/c1-13-11-18(21(27)24-16-8-6-7-15(22)12-16)19-14(2)25-26(20(19)23-13)17-9-4-3-5-10-17/h3-12H,1-2H3,(H,24,27). The van der Waals surface area contributed by atoms with E-state index in [9.17, 15) is 9.18 Å². The van der Waals surface area contributed by atoms with Crippen molar-refractivity contribution in [3.63, 3.8) is 0 Å². The lowest BCUT2D eigenvalue weighted by Crippen LogP contribution is -2.13. The van der Waals surface area contributed by atoms with Gasteiger partial charge in [-0.05, 0) is 50.2 Å². The van der Waals surface area contributed by atoms with E-state index in [-0.39, 0.29) is 5.91 Å². The summed E-state index contributed by atoms with van der Waals surface area (Å²) in [6, 6.07) is 17.2. The molecule has 1 N–H and O–H groups in total. The van der Waals surface area contributed by atoms with Crippen LogP contribution in [0.25, 0.3) is 16.7 Å². The lowest BCUT2D eigenvalue weighted by Gasteiger charge is -2.08. The van der Waals surface area contributed by atoms with Crippen LogP contribution in [-0.4, -0.2) is 20.7 Å². The second-order valence-electron chi connectivity index (χ2n) is 6.31. The van der Waals surface area contributed by atoms with Gasteiger partial charge in [-0.15, -0.1) is 0 Å². The number of rotatable bonds is 3. The molecule has 4 aromatic rings. The molecule has 5 nitrogen and oxygen atoms in total. The van der Waals surface area contributed by atoms with Gasteiger partial charge in [0.1, 0.15) is 5.82 Å². The Balaban J connectivity index is 1.84. The van der Waals surface area contributed by atoms with Crippen molar-refractivity contribution >= 4 is 22.6 Å². The van der Waals surface area contributed by atoms with Gasteiger partial charge in [-0.2, -0.15) is 5.10 Å². The monoisotopic (exact) mass is 360 g/mol. The molecule has 2 aromatic heterocycles. The molecule has 4 rings (SSSR count). The number of hydrogen-bond acceptors (Lipinski definition) is 3. The Kier molecular flexibility index (Phi) is 4.16. The maximum absolute atomic E-state index is 13.4. The molecule has 0 aliphatic heterocycles. The van der Waals surface area contributed by atoms with Gasteiger partial charge in [0.2, 0.25) is 0 Å². The Bertz CT molecular complexity index is 1150. The molecule has 2 aromatic carbocycles. The minimum absolute atomic E-state index is 0.327. The molecule has 1 amide bonds. The largest absolute Gasteiger partial charge is 0.322 e. The fraction of sp³-hybridized carbons (Fsp3) is 0.0952. The first kappa shape index (κ1) is 16.9. The molecule has 0 unspecified atom stereocenters. The molecule has 0 saturated heterocycles. The number of para-hydroxylation sites is 1. The van der Waals surface area contributed by atoms with E-state index < -0.39 is 5.82 Å². The summed E-state index contributed by atoms with van der Waals surface area (Å²) in [4.78, 5) is 17.5. The Morgan fingerprint density at radius 1 is 1.04 bits per heavy atom. The van der Waals surface area contributed by atoms with Crippen molar-refractivity contribution in [2.45, 2.75) is 13.8 Å². The minimum atomic E-state index is -0.406. The lowest BCUT2D eigenvalue weighted by atomic mass is 10.1. The summed E-state index contributed by atoms with van der Waals surface area (Å²) in [5.74, 6) is -0.733. The number of carbonyl (C=O) groups excluding carboxylic acids is 1. The number of fused-ring (bicyclic) bond motifs is 1. The van der Waals surface area contributed by atoms with E-state index in [1.165, 1.54) is 12.1 Å². The van der Waals surface area contributed by atoms with Crippen LogP contribution in [0.4, 0.5) is 10.1 Å². The number of nitrogens with one attached hydrogen (secondary N) is 1. The van der Waals surface area contributed by atoms with Crippen molar-refractivity contribution in [1.29, 1.82) is 0 Å². The Morgan fingerprint density at radius 2 is 1.81 bits per heavy atom. The van der Waals surface area contributed by atoms with E-state index >= 15 is 0 Å². The molecule has 0 radical (unpaired) electrons. The SMILES string of the molecule is Cc1cc(C(=O)Nc2cccc(F)c2)c2c(C)nn(-c3ccccc3)c2n1. The van der Waals surface area contributed by atoms with Gasteiger partial charge in [-0.3, -0.25) is 4.79 Å². The maximum atomic E-state index is 13.4. The molecule has 134 valence electrons. The number of halogens is 1. The Hall–Kier alpha value is -3.54. The number of aromatic nitrogens is 3. The van der Waals surface area contributed by atoms with Gasteiger partial charge >= 0.3 is 0 Å². The number of pyridine rings is 1. The zero-order valence-electron chi connectivity index (χ0n) is 14.9. The third-order valence-electron chi connectivity index (χ3n) is 4.27. The number of anilines is 1. The molecule has 0 fully saturated rings. The van der Waals surface area contributed by atoms with Crippen LogP contribution >= 0.6 is 0 Å². The van der Waals surface area contributed by atoms with Crippen LogP contribution in [-0.2, 0) is 0 Å².